The third kappa shape index (κ3) is 32.2. The summed E-state index contributed by atoms with van der Waals surface area (Å²) in [5, 5.41) is 0. The maximum atomic E-state index is 8.19. The van der Waals surface area contributed by atoms with Crippen molar-refractivity contribution in [3.05, 3.63) is 0 Å². The highest BCUT2D eigenvalue weighted by molar-refractivity contribution is 6.61. The maximum absolute atomic E-state index is 8.19. The molecule has 0 saturated heterocycles. The summed E-state index contributed by atoms with van der Waals surface area (Å²) < 4.78 is 46.4. The summed E-state index contributed by atoms with van der Waals surface area (Å²) in [5.41, 5.74) is 25.7. The Morgan fingerprint density at radius 1 is 0.409 bits per heavy atom. The summed E-state index contributed by atoms with van der Waals surface area (Å²) in [4.78, 5) is 48.4. The summed E-state index contributed by atoms with van der Waals surface area (Å²) in [5.74, 6) is 0. The first-order valence-electron chi connectivity index (χ1n) is 13.4. The Morgan fingerprint density at radius 3 is 0.750 bits per heavy atom. The van der Waals surface area contributed by atoms with Crippen LogP contribution in [0.2, 0.25) is 12.1 Å². The third-order valence-corrected chi connectivity index (χ3v) is 14.0. The minimum atomic E-state index is -3.85. The van der Waals surface area contributed by atoms with Gasteiger partial charge in [-0.25, -0.2) is 0 Å². The monoisotopic (exact) mass is 741 g/mol. The second-order valence-corrected chi connectivity index (χ2v) is 20.5. The van der Waals surface area contributed by atoms with Gasteiger partial charge in [0.2, 0.25) is 0 Å². The van der Waals surface area contributed by atoms with E-state index in [9.17, 15) is 0 Å². The van der Waals surface area contributed by atoms with Crippen LogP contribution in [0.25, 0.3) is 0 Å². The van der Waals surface area contributed by atoms with Crippen LogP contribution < -0.4 is 28.7 Å². The molecule has 0 rings (SSSR count). The lowest BCUT2D eigenvalue weighted by molar-refractivity contribution is 0.0727. The Bertz CT molecular complexity index is 552. The van der Waals surface area contributed by atoms with E-state index >= 15 is 0 Å². The van der Waals surface area contributed by atoms with Crippen LogP contribution in [0.3, 0.4) is 0 Å². The predicted molar refractivity (Wildman–Crippen MR) is 174 cm³/mol. The van der Waals surface area contributed by atoms with Crippen molar-refractivity contribution in [2.45, 2.75) is 32.9 Å². The molecule has 25 heteroatoms. The quantitative estimate of drug-likeness (QED) is 0.0552. The molecule has 0 bridgehead atoms. The normalized spacial score (nSPS) is 12.0. The molecule has 0 aromatic rings. The van der Waals surface area contributed by atoms with E-state index in [-0.39, 0.29) is 12.6 Å². The molecule has 0 heterocycles. The average Bonchev–Trinajstić information content (AvgIpc) is 2.98. The molecule has 0 atom stereocenters. The van der Waals surface area contributed by atoms with Crippen LogP contribution in [-0.4, -0.2) is 167 Å². The maximum Gasteiger partial charge on any atom is 0.515 e. The molecule has 0 aliphatic heterocycles. The third-order valence-electron chi connectivity index (χ3n) is 4.66. The number of rotatable bonds is 19. The number of nitrogens with two attached hydrogens (primary N) is 5. The van der Waals surface area contributed by atoms with Gasteiger partial charge in [0.25, 0.3) is 0 Å². The molecule has 274 valence electrons. The Hall–Kier alpha value is 0.284. The topological polar surface area (TPSA) is 335 Å². The van der Waals surface area contributed by atoms with Crippen LogP contribution in [-0.2, 0) is 39.8 Å². The average molecular weight is 742 g/mol. The molecule has 16 N–H and O–H groups in total. The molecule has 0 aliphatic rings. The van der Waals surface area contributed by atoms with Crippen LogP contribution in [0.15, 0.2) is 0 Å². The van der Waals surface area contributed by atoms with Crippen LogP contribution >= 0.6 is 0 Å². The lowest BCUT2D eigenvalue weighted by Gasteiger charge is -2.26. The first kappa shape index (κ1) is 53.8. The van der Waals surface area contributed by atoms with E-state index < -0.39 is 50.2 Å². The van der Waals surface area contributed by atoms with Crippen molar-refractivity contribution in [2.75, 3.05) is 94.1 Å². The van der Waals surface area contributed by atoms with Gasteiger partial charge in [0, 0.05) is 74.6 Å². The van der Waals surface area contributed by atoms with E-state index in [1.807, 2.05) is 20.8 Å². The van der Waals surface area contributed by atoms with E-state index in [0.29, 0.717) is 44.7 Å². The van der Waals surface area contributed by atoms with Crippen molar-refractivity contribution in [1.82, 2.24) is 0 Å². The smallest absolute Gasteiger partial charge is 0.390 e. The Kier molecular flexibility index (Phi) is 38.9. The van der Waals surface area contributed by atoms with Gasteiger partial charge in [-0.15, -0.1) is 0 Å². The van der Waals surface area contributed by atoms with E-state index in [1.54, 1.807) is 21.3 Å². The minimum Gasteiger partial charge on any atom is -0.390 e. The van der Waals surface area contributed by atoms with Crippen LogP contribution in [0.4, 0.5) is 0 Å². The highest BCUT2D eigenvalue weighted by atomic mass is 28.4. The van der Waals surface area contributed by atoms with E-state index in [2.05, 4.69) is 5.73 Å². The van der Waals surface area contributed by atoms with Crippen molar-refractivity contribution < 1.29 is 68.6 Å². The SMILES string of the molecule is CCO[Si](CN)(OCC)OCC.CO[Si](CCN)(OC)OC.CO[Si](CN)(OC)OC.NCC[Si](O)(O)O.NC[Si](O)(O)O. The fourth-order valence-electron chi connectivity index (χ4n) is 2.39. The van der Waals surface area contributed by atoms with Crippen LogP contribution in [0, 0.1) is 0 Å². The van der Waals surface area contributed by atoms with Gasteiger partial charge in [-0.3, -0.25) is 0 Å². The summed E-state index contributed by atoms with van der Waals surface area (Å²) in [7, 11) is -5.55. The minimum absolute atomic E-state index is 0.0764. The standard InChI is InChI=1S/C7H19NO3Si.C5H15NO3Si.C4H13NO3Si.C2H9NO3Si.CH7NO3Si/c1-4-9-12(7-8,10-5-2)11-6-3;1-7-10(8-2,9-3)5-4-6;1-6-9(4-5,7-2)8-3;3-1-2-7(4,5)6;2-1-6(3,4)5/h4-8H2,1-3H3;4-6H2,1-3H3;4-5H2,1-3H3;4-6H,1-3H2;3-5H,1-2H2. The Morgan fingerprint density at radius 2 is 0.682 bits per heavy atom. The largest absolute Gasteiger partial charge is 0.515 e. The first-order chi connectivity index (χ1) is 20.3. The Labute approximate surface area is 268 Å². The molecule has 0 aliphatic carbocycles. The Balaban J connectivity index is -0.000000147. The second-order valence-electron chi connectivity index (χ2n) is 7.81. The molecule has 44 heavy (non-hydrogen) atoms. The molecule has 0 radical (unpaired) electrons. The van der Waals surface area contributed by atoms with Gasteiger partial charge in [-0.2, -0.15) is 0 Å². The summed E-state index contributed by atoms with van der Waals surface area (Å²) >= 11 is 0. The highest BCUT2D eigenvalue weighted by Gasteiger charge is 2.39. The molecule has 0 aromatic carbocycles. The summed E-state index contributed by atoms with van der Waals surface area (Å²) in [6.45, 7) is 8.15. The van der Waals surface area contributed by atoms with Crippen molar-refractivity contribution in [1.29, 1.82) is 0 Å². The van der Waals surface area contributed by atoms with Crippen molar-refractivity contribution >= 4 is 44.0 Å². The van der Waals surface area contributed by atoms with Gasteiger partial charge in [0.05, 0.1) is 18.5 Å². The molecular formula is C19H63N5O15Si5. The fourth-order valence-corrected chi connectivity index (χ4v) is 7.16. The van der Waals surface area contributed by atoms with E-state index in [1.165, 1.54) is 21.3 Å². The molecule has 0 amide bonds. The second kappa shape index (κ2) is 31.9. The van der Waals surface area contributed by atoms with Gasteiger partial charge >= 0.3 is 44.0 Å². The zero-order chi connectivity index (χ0) is 35.9. The van der Waals surface area contributed by atoms with Crippen molar-refractivity contribution in [3.8, 4) is 0 Å². The zero-order valence-corrected chi connectivity index (χ0v) is 32.8. The van der Waals surface area contributed by atoms with Gasteiger partial charge in [-0.05, 0) is 33.9 Å². The zero-order valence-electron chi connectivity index (χ0n) is 27.8. The van der Waals surface area contributed by atoms with E-state index in [0.717, 1.165) is 0 Å². The molecular weight excluding hydrogens is 679 g/mol. The summed E-state index contributed by atoms with van der Waals surface area (Å²) in [6.07, 6.45) is 0.242. The van der Waals surface area contributed by atoms with E-state index in [4.69, 9.17) is 91.5 Å². The first-order valence-corrected chi connectivity index (χ1v) is 23.3. The number of hydrogen-bond acceptors (Lipinski definition) is 20. The number of hydrogen-bond donors (Lipinski definition) is 11. The molecule has 0 saturated carbocycles. The highest BCUT2D eigenvalue weighted by Crippen LogP contribution is 2.10. The lowest BCUT2D eigenvalue weighted by Crippen LogP contribution is -2.52. The van der Waals surface area contributed by atoms with Crippen molar-refractivity contribution in [2.24, 2.45) is 28.7 Å². The fraction of sp³-hybridized carbons (Fsp3) is 1.00. The molecule has 0 unspecified atom stereocenters. The lowest BCUT2D eigenvalue weighted by atomic mass is 10.8. The summed E-state index contributed by atoms with van der Waals surface area (Å²) in [6, 6.07) is 0.587. The van der Waals surface area contributed by atoms with Crippen LogP contribution in [0.1, 0.15) is 20.8 Å². The molecule has 0 spiro atoms. The molecule has 0 aromatic heterocycles. The molecule has 0 fully saturated rings. The van der Waals surface area contributed by atoms with Crippen LogP contribution in [0.5, 0.6) is 0 Å². The van der Waals surface area contributed by atoms with Gasteiger partial charge in [0.15, 0.2) is 0 Å². The van der Waals surface area contributed by atoms with Gasteiger partial charge in [0.1, 0.15) is 0 Å². The molecule has 20 nitrogen and oxygen atoms in total. The van der Waals surface area contributed by atoms with Gasteiger partial charge < -0.3 is 97.3 Å². The predicted octanol–water partition coefficient (Wildman–Crippen LogP) is -5.02. The van der Waals surface area contributed by atoms with Gasteiger partial charge in [-0.1, -0.05) is 0 Å². The van der Waals surface area contributed by atoms with Crippen molar-refractivity contribution in [3.63, 3.8) is 0 Å².